The van der Waals surface area contributed by atoms with Crippen LogP contribution in [-0.4, -0.2) is 20.8 Å². The molecule has 0 radical (unpaired) electrons. The number of anilines is 6. The van der Waals surface area contributed by atoms with Crippen LogP contribution in [0.5, 0.6) is 5.75 Å². The predicted molar refractivity (Wildman–Crippen MR) is 319 cm³/mol. The van der Waals surface area contributed by atoms with E-state index in [1.807, 2.05) is 32.1 Å². The summed E-state index contributed by atoms with van der Waals surface area (Å²) in [5.74, 6) is 1.29. The summed E-state index contributed by atoms with van der Waals surface area (Å²) in [4.78, 5) is 8.33. The molecule has 1 unspecified atom stereocenters. The molecule has 0 spiro atoms. The lowest BCUT2D eigenvalue weighted by molar-refractivity contribution is 0.202. The van der Waals surface area contributed by atoms with E-state index in [2.05, 4.69) is 203 Å². The van der Waals surface area contributed by atoms with Gasteiger partial charge in [0, 0.05) is 46.8 Å². The van der Waals surface area contributed by atoms with Crippen molar-refractivity contribution in [2.24, 2.45) is 5.92 Å². The molecule has 6 heteroatoms. The van der Waals surface area contributed by atoms with Crippen LogP contribution in [0.3, 0.4) is 0 Å². The number of aryl methyl sites for hydroxylation is 6. The maximum Gasteiger partial charge on any atom is 0.193 e. The molecule has 7 rings (SSSR count). The molecule has 7 aromatic carbocycles. The highest BCUT2D eigenvalue weighted by molar-refractivity contribution is 5.84. The molecule has 7 aromatic rings. The Labute approximate surface area is 450 Å². The Morgan fingerprint density at radius 3 is 1.45 bits per heavy atom. The molecule has 0 saturated heterocycles. The van der Waals surface area contributed by atoms with Gasteiger partial charge in [-0.3, -0.25) is 0 Å². The number of methoxy groups -OCH3 is 2. The molecule has 0 heterocycles. The molecule has 0 aliphatic carbocycles. The molecule has 0 aliphatic rings. The van der Waals surface area contributed by atoms with E-state index in [0.29, 0.717) is 22.9 Å². The van der Waals surface area contributed by atoms with Crippen LogP contribution in [0.25, 0.3) is 27.2 Å². The van der Waals surface area contributed by atoms with Gasteiger partial charge in [0.1, 0.15) is 5.75 Å². The Bertz CT molecular complexity index is 3100. The lowest BCUT2D eigenvalue weighted by Crippen LogP contribution is -2.10. The van der Waals surface area contributed by atoms with Crippen molar-refractivity contribution in [2.75, 3.05) is 30.6 Å². The van der Waals surface area contributed by atoms with E-state index < -0.39 is 0 Å². The highest BCUT2D eigenvalue weighted by atomic mass is 16.5. The lowest BCUT2D eigenvalue weighted by Gasteiger charge is -2.27. The van der Waals surface area contributed by atoms with Gasteiger partial charge in [-0.2, -0.15) is 5.26 Å². The van der Waals surface area contributed by atoms with Gasteiger partial charge in [-0.25, -0.2) is 4.85 Å². The maximum absolute atomic E-state index is 9.51. The minimum absolute atomic E-state index is 0.577. The number of ether oxygens (including phenoxy) is 2. The van der Waals surface area contributed by atoms with Crippen molar-refractivity contribution in [2.45, 2.75) is 114 Å². The lowest BCUT2D eigenvalue weighted by atomic mass is 9.90. The maximum atomic E-state index is 9.51. The van der Waals surface area contributed by atoms with Gasteiger partial charge in [0.15, 0.2) is 5.70 Å². The number of nitrogens with zero attached hydrogens (tertiary/aromatic N) is 4. The fraction of sp³-hybridized carbons (Fsp3) is 0.304. The van der Waals surface area contributed by atoms with E-state index in [-0.39, 0.29) is 0 Å². The molecule has 6 nitrogen and oxygen atoms in total. The average molecular weight is 995 g/mol. The zero-order valence-corrected chi connectivity index (χ0v) is 46.6. The van der Waals surface area contributed by atoms with Crippen molar-refractivity contribution >= 4 is 45.4 Å². The topological polar surface area (TPSA) is 53.1 Å². The quantitative estimate of drug-likeness (QED) is 0.0530. The first kappa shape index (κ1) is 56.7. The number of hydrogen-bond acceptors (Lipinski definition) is 5. The first-order valence-corrected chi connectivity index (χ1v) is 26.8. The Hall–Kier alpha value is -7.64. The number of allylic oxidation sites excluding steroid dienone is 3. The normalized spacial score (nSPS) is 11.7. The standard InChI is InChI=1S/C46H48N2O.C23H30N2O/c1-7-8-37-11-21-41(22-12-37)47(45-19-9-33(2)35(4)31-45)43-25-15-39(16-26-43)40-17-27-44(28-18-40)48(46-20-10-34(3)36(5)32-46)42-23-13-38(14-24-42)29-30-49-6;1-7-10-11-17(4)12-13-19-14-21(22(9-3)25-5)23(26-6)15-20(19)18(8-2)16-24/h9-28,31-32H,7-8,29-30H2,1-6H3;8-9,14-15,17H,7,10-13H2,1-4,6H3/b;18-8+,22-9-. The van der Waals surface area contributed by atoms with Gasteiger partial charge in [-0.05, 0) is 201 Å². The average Bonchev–Trinajstić information content (AvgIpc) is 3.43. The summed E-state index contributed by atoms with van der Waals surface area (Å²) >= 11 is 0. The Morgan fingerprint density at radius 1 is 0.573 bits per heavy atom. The van der Waals surface area contributed by atoms with E-state index in [9.17, 15) is 5.26 Å². The van der Waals surface area contributed by atoms with Gasteiger partial charge in [0.05, 0.1) is 31.9 Å². The molecular weight excluding hydrogens is 917 g/mol. The summed E-state index contributed by atoms with van der Waals surface area (Å²) in [7, 11) is 3.36. The second kappa shape index (κ2) is 28.1. The molecular formula is C69H78N4O2. The summed E-state index contributed by atoms with van der Waals surface area (Å²) in [6.45, 7) is 27.3. The molecule has 0 N–H and O–H groups in total. The molecule has 0 saturated carbocycles. The van der Waals surface area contributed by atoms with Crippen LogP contribution in [-0.2, 0) is 24.0 Å². The second-order valence-electron chi connectivity index (χ2n) is 19.7. The van der Waals surface area contributed by atoms with Crippen LogP contribution in [0.1, 0.15) is 117 Å². The number of hydrogen-bond donors (Lipinski definition) is 0. The van der Waals surface area contributed by atoms with Gasteiger partial charge in [-0.15, -0.1) is 0 Å². The first-order valence-electron chi connectivity index (χ1n) is 26.8. The van der Waals surface area contributed by atoms with Gasteiger partial charge >= 0.3 is 0 Å². The third-order valence-corrected chi connectivity index (χ3v) is 14.4. The van der Waals surface area contributed by atoms with Crippen molar-refractivity contribution < 1.29 is 9.47 Å². The Kier molecular flexibility index (Phi) is 21.3. The summed E-state index contributed by atoms with van der Waals surface area (Å²) < 4.78 is 10.8. The van der Waals surface area contributed by atoms with Crippen LogP contribution >= 0.6 is 0 Å². The fourth-order valence-electron chi connectivity index (χ4n) is 9.47. The largest absolute Gasteiger partial charge is 0.497 e. The van der Waals surface area contributed by atoms with Gasteiger partial charge < -0.3 is 19.3 Å². The monoisotopic (exact) mass is 995 g/mol. The SMILES string of the molecule is CCCc1ccc(N(c2ccc(-c3ccc(N(c4ccc(CCOC)cc4)c4ccc(C)c(C)c4)cc3)cc2)c2ccc(C)c(C)c2)cc1.[C-]#[N+]/C(=C\C)c1cc(CCC(C)CCCC)c(/C(C#N)=C/C)cc1OC. The van der Waals surface area contributed by atoms with Crippen molar-refractivity contribution in [1.82, 2.24) is 0 Å². The van der Waals surface area contributed by atoms with E-state index in [4.69, 9.17) is 16.0 Å². The highest BCUT2D eigenvalue weighted by Crippen LogP contribution is 2.40. The molecule has 75 heavy (non-hydrogen) atoms. The Morgan fingerprint density at radius 2 is 1.05 bits per heavy atom. The number of nitriles is 1. The summed E-state index contributed by atoms with van der Waals surface area (Å²) in [5, 5.41) is 9.51. The second-order valence-corrected chi connectivity index (χ2v) is 19.7. The van der Waals surface area contributed by atoms with Gasteiger partial charge in [0.2, 0.25) is 0 Å². The minimum atomic E-state index is 0.577. The number of unbranched alkanes of at least 4 members (excludes halogenated alkanes) is 1. The van der Waals surface area contributed by atoms with E-state index in [1.54, 1.807) is 20.3 Å². The van der Waals surface area contributed by atoms with E-state index in [0.717, 1.165) is 78.2 Å². The molecule has 0 aromatic heterocycles. The van der Waals surface area contributed by atoms with Crippen molar-refractivity contribution in [3.8, 4) is 22.9 Å². The molecule has 0 amide bonds. The van der Waals surface area contributed by atoms with Crippen molar-refractivity contribution in [3.05, 3.63) is 219 Å². The molecule has 386 valence electrons. The predicted octanol–water partition coefficient (Wildman–Crippen LogP) is 19.3. The third kappa shape index (κ3) is 14.8. The Balaban J connectivity index is 0.000000298. The minimum Gasteiger partial charge on any atom is -0.497 e. The van der Waals surface area contributed by atoms with E-state index in [1.165, 1.54) is 75.1 Å². The zero-order valence-electron chi connectivity index (χ0n) is 46.6. The van der Waals surface area contributed by atoms with Crippen molar-refractivity contribution in [3.63, 3.8) is 0 Å². The zero-order chi connectivity index (χ0) is 53.9. The first-order chi connectivity index (χ1) is 36.4. The van der Waals surface area contributed by atoms with Crippen molar-refractivity contribution in [1.29, 1.82) is 5.26 Å². The van der Waals surface area contributed by atoms with Crippen LogP contribution in [0.2, 0.25) is 0 Å². The summed E-state index contributed by atoms with van der Waals surface area (Å²) in [5.41, 5.74) is 21.1. The summed E-state index contributed by atoms with van der Waals surface area (Å²) in [6.07, 6.45) is 12.5. The molecule has 0 bridgehead atoms. The van der Waals surface area contributed by atoms with Crippen LogP contribution in [0, 0.1) is 51.5 Å². The van der Waals surface area contributed by atoms with Crippen LogP contribution < -0.4 is 14.5 Å². The van der Waals surface area contributed by atoms with Gasteiger partial charge in [-0.1, -0.05) is 132 Å². The van der Waals surface area contributed by atoms with Crippen LogP contribution in [0.4, 0.5) is 34.1 Å². The molecule has 0 fully saturated rings. The molecule has 0 aliphatic heterocycles. The highest BCUT2D eigenvalue weighted by Gasteiger charge is 2.19. The van der Waals surface area contributed by atoms with Gasteiger partial charge in [0.25, 0.3) is 0 Å². The van der Waals surface area contributed by atoms with E-state index >= 15 is 0 Å². The molecule has 1 atom stereocenters. The smallest absolute Gasteiger partial charge is 0.193 e. The number of benzene rings is 7. The third-order valence-electron chi connectivity index (χ3n) is 14.4. The summed E-state index contributed by atoms with van der Waals surface area (Å²) in [6, 6.07) is 55.4. The fourth-order valence-corrected chi connectivity index (χ4v) is 9.47. The number of rotatable bonds is 21. The van der Waals surface area contributed by atoms with Crippen LogP contribution in [0.15, 0.2) is 158 Å².